The maximum absolute atomic E-state index is 12.9. The van der Waals surface area contributed by atoms with Crippen LogP contribution in [-0.2, 0) is 9.53 Å². The number of hydrogen-bond acceptors (Lipinski definition) is 6. The van der Waals surface area contributed by atoms with Crippen molar-refractivity contribution in [3.63, 3.8) is 0 Å². The number of nitrogens with one attached hydrogen (secondary N) is 1. The number of ether oxygens (including phenoxy) is 1. The highest BCUT2D eigenvalue weighted by atomic mass is 32.1. The van der Waals surface area contributed by atoms with Crippen LogP contribution in [0, 0.1) is 0 Å². The monoisotopic (exact) mass is 344 g/mol. The van der Waals surface area contributed by atoms with Gasteiger partial charge in [0.1, 0.15) is 18.5 Å². The molecule has 1 aliphatic heterocycles. The van der Waals surface area contributed by atoms with Gasteiger partial charge in [-0.05, 0) is 44.1 Å². The van der Waals surface area contributed by atoms with Gasteiger partial charge in [-0.2, -0.15) is 10.1 Å². The Morgan fingerprint density at radius 2 is 2.21 bits per heavy atom. The molecule has 1 aliphatic carbocycles. The van der Waals surface area contributed by atoms with E-state index in [2.05, 4.69) is 15.4 Å². The van der Waals surface area contributed by atoms with Crippen LogP contribution in [-0.4, -0.2) is 26.8 Å². The van der Waals surface area contributed by atoms with Gasteiger partial charge < -0.3 is 10.1 Å². The number of hydrogen-bond donors (Lipinski definition) is 1. The van der Waals surface area contributed by atoms with Crippen LogP contribution < -0.4 is 5.32 Å². The maximum atomic E-state index is 12.9. The van der Waals surface area contributed by atoms with Crippen molar-refractivity contribution in [3.05, 3.63) is 40.0 Å². The molecule has 7 heteroatoms. The first-order valence-electron chi connectivity index (χ1n) is 8.35. The Hall–Kier alpha value is -2.15. The molecule has 2 aliphatic rings. The van der Waals surface area contributed by atoms with Crippen LogP contribution in [0.1, 0.15) is 49.9 Å². The number of carbonyl (C=O) groups excluding carboxylic acids is 1. The molecule has 6 nitrogen and oxygen atoms in total. The quantitative estimate of drug-likeness (QED) is 0.863. The van der Waals surface area contributed by atoms with Crippen molar-refractivity contribution >= 4 is 23.3 Å². The summed E-state index contributed by atoms with van der Waals surface area (Å²) < 4.78 is 7.59. The maximum Gasteiger partial charge on any atom is 0.338 e. The number of aromatic nitrogens is 3. The zero-order valence-electron chi connectivity index (χ0n) is 13.6. The highest BCUT2D eigenvalue weighted by molar-refractivity contribution is 7.10. The Kier molecular flexibility index (Phi) is 4.10. The van der Waals surface area contributed by atoms with Crippen molar-refractivity contribution < 1.29 is 9.53 Å². The SMILES string of the molecule is CC1=C(C(=O)OC2CCCCC2)C(c2cccs2)n2ncnc2N1. The van der Waals surface area contributed by atoms with Crippen LogP contribution in [0.15, 0.2) is 35.1 Å². The van der Waals surface area contributed by atoms with Crippen LogP contribution >= 0.6 is 11.3 Å². The van der Waals surface area contributed by atoms with E-state index in [1.807, 2.05) is 24.4 Å². The Morgan fingerprint density at radius 3 is 2.96 bits per heavy atom. The van der Waals surface area contributed by atoms with Crippen molar-refractivity contribution in [2.24, 2.45) is 0 Å². The van der Waals surface area contributed by atoms with E-state index in [1.54, 1.807) is 16.0 Å². The summed E-state index contributed by atoms with van der Waals surface area (Å²) >= 11 is 1.61. The number of rotatable bonds is 3. The van der Waals surface area contributed by atoms with E-state index in [1.165, 1.54) is 12.7 Å². The molecule has 0 aromatic carbocycles. The molecule has 0 saturated heterocycles. The van der Waals surface area contributed by atoms with Crippen LogP contribution in [0.4, 0.5) is 5.95 Å². The number of nitrogens with zero attached hydrogens (tertiary/aromatic N) is 3. The molecule has 1 fully saturated rings. The van der Waals surface area contributed by atoms with Crippen LogP contribution in [0.2, 0.25) is 0 Å². The average molecular weight is 344 g/mol. The first-order chi connectivity index (χ1) is 11.7. The normalized spacial score (nSPS) is 21.3. The molecule has 4 rings (SSSR count). The van der Waals surface area contributed by atoms with Gasteiger partial charge in [-0.25, -0.2) is 9.48 Å². The number of fused-ring (bicyclic) bond motifs is 1. The van der Waals surface area contributed by atoms with Crippen molar-refractivity contribution in [1.29, 1.82) is 0 Å². The zero-order chi connectivity index (χ0) is 16.5. The molecule has 24 heavy (non-hydrogen) atoms. The lowest BCUT2D eigenvalue weighted by Gasteiger charge is -2.29. The average Bonchev–Trinajstić information content (AvgIpc) is 3.25. The largest absolute Gasteiger partial charge is 0.459 e. The molecule has 2 aromatic rings. The summed E-state index contributed by atoms with van der Waals surface area (Å²) in [5, 5.41) is 9.50. The summed E-state index contributed by atoms with van der Waals surface area (Å²) in [6.07, 6.45) is 6.97. The number of anilines is 1. The molecule has 0 radical (unpaired) electrons. The molecule has 1 unspecified atom stereocenters. The highest BCUT2D eigenvalue weighted by Crippen LogP contribution is 2.37. The minimum absolute atomic E-state index is 0.0349. The third-order valence-corrected chi connectivity index (χ3v) is 5.58. The summed E-state index contributed by atoms with van der Waals surface area (Å²) in [5.74, 6) is 0.409. The first-order valence-corrected chi connectivity index (χ1v) is 9.23. The van der Waals surface area contributed by atoms with Gasteiger partial charge in [0.05, 0.1) is 5.57 Å². The summed E-state index contributed by atoms with van der Waals surface area (Å²) in [6.45, 7) is 1.90. The minimum Gasteiger partial charge on any atom is -0.459 e. The molecule has 0 amide bonds. The van der Waals surface area contributed by atoms with Gasteiger partial charge in [0, 0.05) is 10.6 Å². The van der Waals surface area contributed by atoms with Crippen molar-refractivity contribution in [2.45, 2.75) is 51.2 Å². The van der Waals surface area contributed by atoms with Gasteiger partial charge in [-0.3, -0.25) is 0 Å². The van der Waals surface area contributed by atoms with Gasteiger partial charge in [0.25, 0.3) is 0 Å². The van der Waals surface area contributed by atoms with Gasteiger partial charge >= 0.3 is 5.97 Å². The fourth-order valence-corrected chi connectivity index (χ4v) is 4.28. The molecule has 1 N–H and O–H groups in total. The highest BCUT2D eigenvalue weighted by Gasteiger charge is 2.35. The molecular weight excluding hydrogens is 324 g/mol. The summed E-state index contributed by atoms with van der Waals surface area (Å²) in [5.41, 5.74) is 1.41. The second-order valence-corrected chi connectivity index (χ2v) is 7.25. The van der Waals surface area contributed by atoms with E-state index < -0.39 is 0 Å². The molecule has 1 saturated carbocycles. The van der Waals surface area contributed by atoms with Crippen molar-refractivity contribution in [2.75, 3.05) is 5.32 Å². The second-order valence-electron chi connectivity index (χ2n) is 6.28. The standard InChI is InChI=1S/C17H20N4O2S/c1-11-14(16(22)23-12-6-3-2-4-7-12)15(13-8-5-9-24-13)21-17(20-11)18-10-19-21/h5,8-10,12,15H,2-4,6-7H2,1H3,(H,18,19,20). The van der Waals surface area contributed by atoms with Gasteiger partial charge in [-0.15, -0.1) is 11.3 Å². The van der Waals surface area contributed by atoms with E-state index in [9.17, 15) is 4.79 Å². The molecule has 0 bridgehead atoms. The van der Waals surface area contributed by atoms with Crippen LogP contribution in [0.5, 0.6) is 0 Å². The number of carbonyl (C=O) groups is 1. The smallest absolute Gasteiger partial charge is 0.338 e. The van der Waals surface area contributed by atoms with E-state index in [0.717, 1.165) is 36.3 Å². The van der Waals surface area contributed by atoms with Crippen molar-refractivity contribution in [1.82, 2.24) is 14.8 Å². The van der Waals surface area contributed by atoms with Gasteiger partial charge in [0.15, 0.2) is 0 Å². The predicted octanol–water partition coefficient (Wildman–Crippen LogP) is 3.50. The lowest BCUT2D eigenvalue weighted by atomic mass is 9.97. The Balaban J connectivity index is 1.67. The van der Waals surface area contributed by atoms with Crippen molar-refractivity contribution in [3.8, 4) is 0 Å². The third-order valence-electron chi connectivity index (χ3n) is 4.65. The molecule has 3 heterocycles. The number of thiophene rings is 1. The Bertz CT molecular complexity index is 759. The van der Waals surface area contributed by atoms with Gasteiger partial charge in [0.2, 0.25) is 5.95 Å². The van der Waals surface area contributed by atoms with E-state index >= 15 is 0 Å². The number of esters is 1. The fourth-order valence-electron chi connectivity index (χ4n) is 3.46. The summed E-state index contributed by atoms with van der Waals surface area (Å²) in [7, 11) is 0. The molecule has 2 aromatic heterocycles. The lowest BCUT2D eigenvalue weighted by Crippen LogP contribution is -2.31. The van der Waals surface area contributed by atoms with E-state index in [4.69, 9.17) is 4.74 Å². The van der Waals surface area contributed by atoms with Gasteiger partial charge in [-0.1, -0.05) is 12.5 Å². The van der Waals surface area contributed by atoms with E-state index in [-0.39, 0.29) is 18.1 Å². The molecule has 0 spiro atoms. The first kappa shape index (κ1) is 15.4. The Labute approximate surface area is 144 Å². The second kappa shape index (κ2) is 6.39. The predicted molar refractivity (Wildman–Crippen MR) is 91.8 cm³/mol. The van der Waals surface area contributed by atoms with E-state index in [0.29, 0.717) is 11.5 Å². The third kappa shape index (κ3) is 2.73. The summed E-state index contributed by atoms with van der Waals surface area (Å²) in [4.78, 5) is 18.2. The molecule has 1 atom stereocenters. The Morgan fingerprint density at radius 1 is 1.38 bits per heavy atom. The minimum atomic E-state index is -0.278. The molecular formula is C17H20N4O2S. The zero-order valence-corrected chi connectivity index (χ0v) is 14.4. The lowest BCUT2D eigenvalue weighted by molar-refractivity contribution is -0.146. The topological polar surface area (TPSA) is 69.0 Å². The molecule has 126 valence electrons. The number of allylic oxidation sites excluding steroid dienone is 1. The fraction of sp³-hybridized carbons (Fsp3) is 0.471. The summed E-state index contributed by atoms with van der Waals surface area (Å²) in [6, 6.07) is 3.73. The van der Waals surface area contributed by atoms with Crippen LogP contribution in [0.25, 0.3) is 0 Å². The van der Waals surface area contributed by atoms with Crippen LogP contribution in [0.3, 0.4) is 0 Å².